The highest BCUT2D eigenvalue weighted by Crippen LogP contribution is 2.55. The van der Waals surface area contributed by atoms with Gasteiger partial charge in [-0.05, 0) is 0 Å². The molecule has 0 aliphatic carbocycles. The van der Waals surface area contributed by atoms with Crippen molar-refractivity contribution in [2.75, 3.05) is 14.1 Å². The molecule has 0 aliphatic rings. The largest absolute Gasteiger partial charge is 0.460 e. The molecule has 13 heteroatoms. The Morgan fingerprint density at radius 1 is 0.920 bits per heavy atom. The van der Waals surface area contributed by atoms with Crippen molar-refractivity contribution >= 4 is 12.3 Å². The van der Waals surface area contributed by atoms with Crippen LogP contribution in [-0.2, 0) is 9.59 Å². The summed E-state index contributed by atoms with van der Waals surface area (Å²) in [5, 5.41) is 1.37. The number of nitrogens with one attached hydrogen (secondary N) is 1. The van der Waals surface area contributed by atoms with Crippen LogP contribution in [0.5, 0.6) is 0 Å². The number of hydrogen-bond donors (Lipinski definition) is 1. The minimum Gasteiger partial charge on any atom is -0.355 e. The average molecular weight is 390 g/mol. The normalized spacial score (nSPS) is 13.6. The van der Waals surface area contributed by atoms with Gasteiger partial charge in [0, 0.05) is 20.3 Å². The third kappa shape index (κ3) is 4.78. The monoisotopic (exact) mass is 390 g/mol. The number of carbonyl (C=O) groups excluding carboxylic acids is 2. The number of carbonyl (C=O) groups is 2. The van der Waals surface area contributed by atoms with Crippen LogP contribution in [0.1, 0.15) is 13.8 Å². The van der Waals surface area contributed by atoms with Gasteiger partial charge >= 0.3 is 23.9 Å². The number of hydrogen-bond acceptors (Lipinski definition) is 2. The molecule has 0 aromatic heterocycles. The quantitative estimate of drug-likeness (QED) is 0.430. The van der Waals surface area contributed by atoms with Crippen LogP contribution in [0.2, 0.25) is 0 Å². The lowest BCUT2D eigenvalue weighted by atomic mass is 9.96. The summed E-state index contributed by atoms with van der Waals surface area (Å²) < 4.78 is 115. The van der Waals surface area contributed by atoms with Gasteiger partial charge in [0.25, 0.3) is 5.91 Å². The van der Waals surface area contributed by atoms with Gasteiger partial charge in [0.05, 0.1) is 0 Å². The third-order valence-electron chi connectivity index (χ3n) is 2.45. The van der Waals surface area contributed by atoms with E-state index in [1.54, 1.807) is 0 Å². The van der Waals surface area contributed by atoms with Crippen molar-refractivity contribution in [3.63, 3.8) is 0 Å². The number of halogens is 9. The summed E-state index contributed by atoms with van der Waals surface area (Å²) in [6.07, 6.45) is -7.57. The first-order chi connectivity index (χ1) is 11.1. The van der Waals surface area contributed by atoms with E-state index >= 15 is 0 Å². The van der Waals surface area contributed by atoms with Crippen molar-refractivity contribution in [1.82, 2.24) is 10.2 Å². The summed E-state index contributed by atoms with van der Waals surface area (Å²) in [7, 11) is 1.29. The van der Waals surface area contributed by atoms with Gasteiger partial charge in [0.15, 0.2) is 0 Å². The van der Waals surface area contributed by atoms with Gasteiger partial charge in [-0.3, -0.25) is 9.59 Å². The maximum Gasteiger partial charge on any atom is 0.460 e. The first kappa shape index (κ1) is 25.3. The van der Waals surface area contributed by atoms with Crippen LogP contribution in [0.4, 0.5) is 39.5 Å². The predicted molar refractivity (Wildman–Crippen MR) is 68.2 cm³/mol. The van der Waals surface area contributed by atoms with Gasteiger partial charge in [-0.15, -0.1) is 0 Å². The molecule has 0 saturated heterocycles. The van der Waals surface area contributed by atoms with E-state index in [-0.39, 0.29) is 17.5 Å². The van der Waals surface area contributed by atoms with E-state index in [4.69, 9.17) is 0 Å². The van der Waals surface area contributed by atoms with Crippen LogP contribution in [0.3, 0.4) is 0 Å². The molecule has 0 aromatic carbocycles. The van der Waals surface area contributed by atoms with E-state index in [1.165, 1.54) is 5.32 Å². The van der Waals surface area contributed by atoms with Crippen LogP contribution >= 0.6 is 0 Å². The fraction of sp³-hybridized carbons (Fsp3) is 0.667. The maximum atomic E-state index is 13.6. The second kappa shape index (κ2) is 8.43. The third-order valence-corrected chi connectivity index (χ3v) is 2.45. The minimum atomic E-state index is -7.14. The molecular weight excluding hydrogens is 375 g/mol. The fourth-order valence-electron chi connectivity index (χ4n) is 1.20. The highest BCUT2D eigenvalue weighted by atomic mass is 19.4. The van der Waals surface area contributed by atoms with Crippen LogP contribution in [0.25, 0.3) is 0 Å². The van der Waals surface area contributed by atoms with Crippen molar-refractivity contribution < 1.29 is 49.1 Å². The smallest absolute Gasteiger partial charge is 0.355 e. The molecule has 0 fully saturated rings. The summed E-state index contributed by atoms with van der Waals surface area (Å²) in [4.78, 5) is 21.5. The summed E-state index contributed by atoms with van der Waals surface area (Å²) >= 11 is 0. The Morgan fingerprint density at radius 2 is 1.32 bits per heavy atom. The molecule has 25 heavy (non-hydrogen) atoms. The summed E-state index contributed by atoms with van der Waals surface area (Å²) in [6.45, 7) is 4.00. The molecule has 0 bridgehead atoms. The van der Waals surface area contributed by atoms with Gasteiger partial charge in [-0.1, -0.05) is 13.8 Å². The molecule has 0 aromatic rings. The minimum absolute atomic E-state index is 0.0558. The second-order valence-corrected chi connectivity index (χ2v) is 4.11. The lowest BCUT2D eigenvalue weighted by Crippen LogP contribution is -2.62. The summed E-state index contributed by atoms with van der Waals surface area (Å²) in [5.74, 6) is -22.5. The highest BCUT2D eigenvalue weighted by molar-refractivity contribution is 5.95. The Labute approximate surface area is 136 Å². The van der Waals surface area contributed by atoms with Crippen LogP contribution in [0, 0.1) is 0 Å². The molecule has 1 N–H and O–H groups in total. The Balaban J connectivity index is 0. The molecule has 0 heterocycles. The molecule has 0 atom stereocenters. The van der Waals surface area contributed by atoms with E-state index in [1.807, 2.05) is 13.8 Å². The average Bonchev–Trinajstić information content (AvgIpc) is 2.51. The van der Waals surface area contributed by atoms with Crippen molar-refractivity contribution in [3.8, 4) is 0 Å². The van der Waals surface area contributed by atoms with Crippen molar-refractivity contribution in [2.24, 2.45) is 0 Å². The zero-order chi connectivity index (χ0) is 20.9. The lowest BCUT2D eigenvalue weighted by molar-refractivity contribution is -0.389. The summed E-state index contributed by atoms with van der Waals surface area (Å²) in [5.41, 5.74) is -2.46. The number of likely N-dealkylation sites (N-methyl/N-ethyl adjacent to an activating group) is 1. The molecule has 0 spiro atoms. The Bertz CT molecular complexity index is 501. The van der Waals surface area contributed by atoms with Crippen LogP contribution in [-0.4, -0.2) is 55.3 Å². The van der Waals surface area contributed by atoms with E-state index in [2.05, 4.69) is 0 Å². The molecule has 0 radical (unpaired) electrons. The molecule has 148 valence electrons. The van der Waals surface area contributed by atoms with Crippen molar-refractivity contribution in [3.05, 3.63) is 11.8 Å². The first-order valence-corrected chi connectivity index (χ1v) is 6.39. The van der Waals surface area contributed by atoms with E-state index in [9.17, 15) is 49.1 Å². The highest BCUT2D eigenvalue weighted by Gasteiger charge is 2.82. The van der Waals surface area contributed by atoms with Gasteiger partial charge < -0.3 is 10.2 Å². The molecule has 0 saturated carbocycles. The van der Waals surface area contributed by atoms with Crippen molar-refractivity contribution in [2.45, 2.75) is 37.8 Å². The SMILES string of the molecule is CC.CNC(=O)/C(=C\N(C)C=O)C(F)(F)C(F)(F)C(F)(F)C(F)(F)F. The van der Waals surface area contributed by atoms with Gasteiger partial charge in [0.2, 0.25) is 6.41 Å². The Morgan fingerprint density at radius 3 is 1.60 bits per heavy atom. The molecule has 4 nitrogen and oxygen atoms in total. The number of rotatable bonds is 6. The number of nitrogens with zero attached hydrogens (tertiary/aromatic N) is 1. The van der Waals surface area contributed by atoms with Crippen LogP contribution in [0.15, 0.2) is 11.8 Å². The zero-order valence-electron chi connectivity index (χ0n) is 13.3. The molecule has 0 rings (SSSR count). The van der Waals surface area contributed by atoms with E-state index < -0.39 is 35.4 Å². The van der Waals surface area contributed by atoms with E-state index in [0.717, 1.165) is 0 Å². The Kier molecular flexibility index (Phi) is 8.53. The molecular formula is C12H15F9N2O2. The Hall–Kier alpha value is -1.95. The van der Waals surface area contributed by atoms with Gasteiger partial charge in [0.1, 0.15) is 5.57 Å². The zero-order valence-corrected chi connectivity index (χ0v) is 13.3. The first-order valence-electron chi connectivity index (χ1n) is 6.39. The van der Waals surface area contributed by atoms with Crippen LogP contribution < -0.4 is 5.32 Å². The predicted octanol–water partition coefficient (Wildman–Crippen LogP) is 3.20. The molecule has 0 aliphatic heterocycles. The second-order valence-electron chi connectivity index (χ2n) is 4.11. The van der Waals surface area contributed by atoms with Gasteiger partial charge in [-0.25, -0.2) is 0 Å². The number of alkyl halides is 9. The number of amides is 2. The summed E-state index contributed by atoms with van der Waals surface area (Å²) in [6, 6.07) is 0. The molecule has 0 unspecified atom stereocenters. The standard InChI is InChI=1S/C10H9F9N2O2.C2H6/c1-20-6(23)5(3-21(2)4-22)7(11,12)8(13,14)9(15,16)10(17,18)19;1-2/h3-4H,1-2H3,(H,20,23);1-2H3/b5-3+;. The van der Waals surface area contributed by atoms with E-state index in [0.29, 0.717) is 14.1 Å². The lowest BCUT2D eigenvalue weighted by Gasteiger charge is -2.34. The fourth-order valence-corrected chi connectivity index (χ4v) is 1.20. The topological polar surface area (TPSA) is 49.4 Å². The van der Waals surface area contributed by atoms with Gasteiger partial charge in [-0.2, -0.15) is 39.5 Å². The van der Waals surface area contributed by atoms with Crippen molar-refractivity contribution in [1.29, 1.82) is 0 Å². The maximum absolute atomic E-state index is 13.6. The molecule has 2 amide bonds.